The van der Waals surface area contributed by atoms with Crippen molar-refractivity contribution in [1.82, 2.24) is 4.98 Å². The van der Waals surface area contributed by atoms with Crippen molar-refractivity contribution in [3.05, 3.63) is 59.3 Å². The quantitative estimate of drug-likeness (QED) is 0.761. The van der Waals surface area contributed by atoms with Crippen LogP contribution in [-0.2, 0) is 10.0 Å². The Hall–Kier alpha value is -2.60. The predicted molar refractivity (Wildman–Crippen MR) is 94.9 cm³/mol. The predicted octanol–water partition coefficient (Wildman–Crippen LogP) is 3.67. The maximum Gasteiger partial charge on any atom is 0.264 e. The van der Waals surface area contributed by atoms with Gasteiger partial charge in [0.15, 0.2) is 0 Å². The van der Waals surface area contributed by atoms with Crippen molar-refractivity contribution in [3.8, 4) is 5.75 Å². The Kier molecular flexibility index (Phi) is 3.93. The van der Waals surface area contributed by atoms with E-state index in [0.29, 0.717) is 16.8 Å². The number of aromatic hydroxyl groups is 1. The summed E-state index contributed by atoms with van der Waals surface area (Å²) < 4.78 is 28.4. The third kappa shape index (κ3) is 2.80. The van der Waals surface area contributed by atoms with E-state index in [-0.39, 0.29) is 10.6 Å². The van der Waals surface area contributed by atoms with E-state index in [1.807, 2.05) is 19.1 Å². The average Bonchev–Trinajstić information content (AvgIpc) is 2.54. The highest BCUT2D eigenvalue weighted by Crippen LogP contribution is 2.31. The highest BCUT2D eigenvalue weighted by atomic mass is 32.2. The van der Waals surface area contributed by atoms with E-state index in [0.717, 1.165) is 16.5 Å². The van der Waals surface area contributed by atoms with E-state index in [4.69, 9.17) is 0 Å². The van der Waals surface area contributed by atoms with E-state index in [1.165, 1.54) is 6.07 Å². The van der Waals surface area contributed by atoms with Gasteiger partial charge in [-0.2, -0.15) is 0 Å². The number of aromatic nitrogens is 1. The van der Waals surface area contributed by atoms with Crippen molar-refractivity contribution in [2.75, 3.05) is 4.72 Å². The molecule has 0 saturated heterocycles. The van der Waals surface area contributed by atoms with E-state index in [1.54, 1.807) is 38.2 Å². The number of rotatable bonds is 3. The third-order valence-corrected chi connectivity index (χ3v) is 5.36. The Labute approximate surface area is 141 Å². The first kappa shape index (κ1) is 16.3. The summed E-state index contributed by atoms with van der Waals surface area (Å²) in [6, 6.07) is 10.2. The lowest BCUT2D eigenvalue weighted by molar-refractivity contribution is 0.471. The topological polar surface area (TPSA) is 79.3 Å². The maximum absolute atomic E-state index is 12.9. The monoisotopic (exact) mass is 342 g/mol. The molecule has 0 fully saturated rings. The van der Waals surface area contributed by atoms with Gasteiger partial charge in [-0.05, 0) is 50.1 Å². The number of sulfonamides is 1. The first-order valence-electron chi connectivity index (χ1n) is 7.47. The van der Waals surface area contributed by atoms with Gasteiger partial charge >= 0.3 is 0 Å². The number of pyridine rings is 1. The summed E-state index contributed by atoms with van der Waals surface area (Å²) in [5.41, 5.74) is 3.00. The molecule has 0 aliphatic carbocycles. The van der Waals surface area contributed by atoms with Gasteiger partial charge in [-0.15, -0.1) is 0 Å². The van der Waals surface area contributed by atoms with Gasteiger partial charge in [0.1, 0.15) is 10.6 Å². The van der Waals surface area contributed by atoms with Crippen LogP contribution < -0.4 is 4.72 Å². The number of hydrogen-bond donors (Lipinski definition) is 2. The number of anilines is 1. The Balaban J connectivity index is 2.15. The zero-order valence-corrected chi connectivity index (χ0v) is 14.5. The van der Waals surface area contributed by atoms with Crippen molar-refractivity contribution in [2.24, 2.45) is 0 Å². The van der Waals surface area contributed by atoms with Crippen LogP contribution in [-0.4, -0.2) is 18.5 Å². The van der Waals surface area contributed by atoms with Crippen LogP contribution in [0.3, 0.4) is 0 Å². The zero-order chi connectivity index (χ0) is 17.5. The maximum atomic E-state index is 12.9. The summed E-state index contributed by atoms with van der Waals surface area (Å²) in [5.74, 6) is 0.0463. The number of nitrogens with one attached hydrogen (secondary N) is 1. The van der Waals surface area contributed by atoms with Crippen LogP contribution in [0.25, 0.3) is 10.9 Å². The lowest BCUT2D eigenvalue weighted by Crippen LogP contribution is -2.15. The van der Waals surface area contributed by atoms with Crippen LogP contribution in [0.5, 0.6) is 5.75 Å². The SMILES string of the molecule is Cc1cnc2c(S(=O)(=O)Nc3c(C)ccc(O)c3C)cccc2c1. The van der Waals surface area contributed by atoms with Gasteiger partial charge in [-0.3, -0.25) is 9.71 Å². The molecule has 124 valence electrons. The molecule has 3 rings (SSSR count). The zero-order valence-electron chi connectivity index (χ0n) is 13.7. The van der Waals surface area contributed by atoms with Crippen LogP contribution in [0, 0.1) is 20.8 Å². The Morgan fingerprint density at radius 3 is 2.58 bits per heavy atom. The molecule has 6 heteroatoms. The van der Waals surface area contributed by atoms with Crippen LogP contribution in [0.15, 0.2) is 47.5 Å². The van der Waals surface area contributed by atoms with Crippen LogP contribution in [0.2, 0.25) is 0 Å². The summed E-state index contributed by atoms with van der Waals surface area (Å²) in [6.45, 7) is 5.37. The second-order valence-electron chi connectivity index (χ2n) is 5.85. The molecule has 1 aromatic heterocycles. The molecule has 24 heavy (non-hydrogen) atoms. The fourth-order valence-electron chi connectivity index (χ4n) is 2.64. The second kappa shape index (κ2) is 5.79. The lowest BCUT2D eigenvalue weighted by atomic mass is 10.1. The number of para-hydroxylation sites is 1. The largest absolute Gasteiger partial charge is 0.508 e. The Morgan fingerprint density at radius 2 is 1.83 bits per heavy atom. The Morgan fingerprint density at radius 1 is 1.08 bits per heavy atom. The van der Waals surface area contributed by atoms with Crippen molar-refractivity contribution >= 4 is 26.6 Å². The molecule has 0 atom stereocenters. The fourth-order valence-corrected chi connectivity index (χ4v) is 4.02. The number of nitrogens with zero attached hydrogens (tertiary/aromatic N) is 1. The highest BCUT2D eigenvalue weighted by molar-refractivity contribution is 7.93. The van der Waals surface area contributed by atoms with E-state index in [2.05, 4.69) is 9.71 Å². The number of aryl methyl sites for hydroxylation is 2. The van der Waals surface area contributed by atoms with Gasteiger partial charge < -0.3 is 5.11 Å². The molecule has 5 nitrogen and oxygen atoms in total. The summed E-state index contributed by atoms with van der Waals surface area (Å²) in [5, 5.41) is 10.6. The molecule has 0 aliphatic heterocycles. The van der Waals surface area contributed by atoms with E-state index >= 15 is 0 Å². The first-order valence-corrected chi connectivity index (χ1v) is 8.95. The van der Waals surface area contributed by atoms with Crippen LogP contribution in [0.4, 0.5) is 5.69 Å². The minimum absolute atomic E-state index is 0.0463. The molecule has 0 bridgehead atoms. The second-order valence-corrected chi connectivity index (χ2v) is 7.50. The number of phenols is 1. The van der Waals surface area contributed by atoms with Gasteiger partial charge in [-0.1, -0.05) is 18.2 Å². The highest BCUT2D eigenvalue weighted by Gasteiger charge is 2.21. The minimum atomic E-state index is -3.84. The smallest absolute Gasteiger partial charge is 0.264 e. The number of benzene rings is 2. The average molecular weight is 342 g/mol. The van der Waals surface area contributed by atoms with E-state index in [9.17, 15) is 13.5 Å². The molecule has 0 unspecified atom stereocenters. The fraction of sp³-hybridized carbons (Fsp3) is 0.167. The molecule has 0 aliphatic rings. The molecular formula is C18H18N2O3S. The van der Waals surface area contributed by atoms with Crippen LogP contribution in [0.1, 0.15) is 16.7 Å². The van der Waals surface area contributed by atoms with Crippen molar-refractivity contribution in [3.63, 3.8) is 0 Å². The molecule has 1 heterocycles. The Bertz CT molecular complexity index is 1040. The molecule has 2 N–H and O–H groups in total. The summed E-state index contributed by atoms with van der Waals surface area (Å²) in [7, 11) is -3.84. The number of hydrogen-bond acceptors (Lipinski definition) is 4. The standard InChI is InChI=1S/C18H18N2O3S/c1-11-9-14-5-4-6-16(18(14)19-10-11)24(22,23)20-17-12(2)7-8-15(21)13(17)3/h4-10,20-21H,1-3H3. The molecular weight excluding hydrogens is 324 g/mol. The van der Waals surface area contributed by atoms with Gasteiger partial charge in [-0.25, -0.2) is 8.42 Å². The molecule has 0 saturated carbocycles. The molecule has 0 radical (unpaired) electrons. The minimum Gasteiger partial charge on any atom is -0.508 e. The molecule has 2 aromatic carbocycles. The first-order chi connectivity index (χ1) is 11.3. The number of phenolic OH excluding ortho intramolecular Hbond substituents is 1. The van der Waals surface area contributed by atoms with Crippen LogP contribution >= 0.6 is 0 Å². The van der Waals surface area contributed by atoms with Gasteiger partial charge in [0, 0.05) is 17.1 Å². The van der Waals surface area contributed by atoms with Crippen molar-refractivity contribution in [2.45, 2.75) is 25.7 Å². The summed E-state index contributed by atoms with van der Waals surface area (Å²) >= 11 is 0. The van der Waals surface area contributed by atoms with Crippen molar-refractivity contribution in [1.29, 1.82) is 0 Å². The molecule has 0 amide bonds. The third-order valence-electron chi connectivity index (χ3n) is 3.98. The van der Waals surface area contributed by atoms with Gasteiger partial charge in [0.05, 0.1) is 11.2 Å². The summed E-state index contributed by atoms with van der Waals surface area (Å²) in [6.07, 6.45) is 1.65. The van der Waals surface area contributed by atoms with Gasteiger partial charge in [0.2, 0.25) is 0 Å². The van der Waals surface area contributed by atoms with Gasteiger partial charge in [0.25, 0.3) is 10.0 Å². The molecule has 3 aromatic rings. The van der Waals surface area contributed by atoms with E-state index < -0.39 is 10.0 Å². The number of fused-ring (bicyclic) bond motifs is 1. The van der Waals surface area contributed by atoms with Crippen molar-refractivity contribution < 1.29 is 13.5 Å². The normalized spacial score (nSPS) is 11.6. The summed E-state index contributed by atoms with van der Waals surface area (Å²) in [4.78, 5) is 4.40. The molecule has 0 spiro atoms. The lowest BCUT2D eigenvalue weighted by Gasteiger charge is -2.15.